The summed E-state index contributed by atoms with van der Waals surface area (Å²) in [6.07, 6.45) is 0.986. The van der Waals surface area contributed by atoms with Crippen molar-refractivity contribution in [3.63, 3.8) is 0 Å². The molecule has 0 aliphatic heterocycles. The van der Waals surface area contributed by atoms with E-state index in [9.17, 15) is 0 Å². The molecule has 0 saturated carbocycles. The molecule has 1 heterocycles. The normalized spacial score (nSPS) is 10.7. The molecule has 33 heavy (non-hydrogen) atoms. The third kappa shape index (κ3) is 4.77. The Bertz CT molecular complexity index is 1180. The second kappa shape index (κ2) is 10.1. The predicted octanol–water partition coefficient (Wildman–Crippen LogP) is 5.89. The van der Waals surface area contributed by atoms with Crippen LogP contribution in [0.4, 0.5) is 0 Å². The van der Waals surface area contributed by atoms with Gasteiger partial charge in [0.1, 0.15) is 5.75 Å². The maximum absolute atomic E-state index is 5.65. The molecule has 0 saturated heterocycles. The van der Waals surface area contributed by atoms with Crippen molar-refractivity contribution in [1.82, 2.24) is 10.1 Å². The van der Waals surface area contributed by atoms with Crippen molar-refractivity contribution in [3.8, 4) is 57.0 Å². The highest BCUT2D eigenvalue weighted by Gasteiger charge is 2.18. The Morgan fingerprint density at radius 1 is 0.727 bits per heavy atom. The first kappa shape index (κ1) is 22.2. The highest BCUT2D eigenvalue weighted by atomic mass is 16.5. The van der Waals surface area contributed by atoms with Gasteiger partial charge < -0.3 is 23.5 Å². The van der Waals surface area contributed by atoms with Gasteiger partial charge >= 0.3 is 0 Å². The molecule has 3 aromatic carbocycles. The summed E-state index contributed by atoms with van der Waals surface area (Å²) in [6.45, 7) is 2.81. The summed E-state index contributed by atoms with van der Waals surface area (Å²) in [4.78, 5) is 4.55. The van der Waals surface area contributed by atoms with Gasteiger partial charge in [0.2, 0.25) is 11.6 Å². The zero-order valence-corrected chi connectivity index (χ0v) is 19.1. The fourth-order valence-corrected chi connectivity index (χ4v) is 3.44. The molecule has 0 aliphatic carbocycles. The second-order valence-corrected chi connectivity index (χ2v) is 7.29. The minimum absolute atomic E-state index is 0.425. The monoisotopic (exact) mass is 446 g/mol. The molecule has 4 rings (SSSR count). The Morgan fingerprint density at radius 3 is 1.85 bits per heavy atom. The molecular weight excluding hydrogens is 420 g/mol. The van der Waals surface area contributed by atoms with Gasteiger partial charge in [0.15, 0.2) is 11.5 Å². The maximum Gasteiger partial charge on any atom is 0.258 e. The van der Waals surface area contributed by atoms with E-state index in [2.05, 4.69) is 29.2 Å². The lowest BCUT2D eigenvalue weighted by atomic mass is 10.0. The van der Waals surface area contributed by atoms with Gasteiger partial charge in [-0.15, -0.1) is 0 Å². The first-order valence-corrected chi connectivity index (χ1v) is 10.6. The van der Waals surface area contributed by atoms with Crippen LogP contribution in [0, 0.1) is 0 Å². The molecule has 0 spiro atoms. The lowest BCUT2D eigenvalue weighted by Gasteiger charge is -2.12. The van der Waals surface area contributed by atoms with Crippen molar-refractivity contribution in [1.29, 1.82) is 0 Å². The highest BCUT2D eigenvalue weighted by molar-refractivity contribution is 5.70. The zero-order valence-electron chi connectivity index (χ0n) is 19.1. The van der Waals surface area contributed by atoms with E-state index in [4.69, 9.17) is 23.5 Å². The number of hydrogen-bond acceptors (Lipinski definition) is 7. The molecule has 1 aromatic heterocycles. The number of ether oxygens (including phenoxy) is 4. The summed E-state index contributed by atoms with van der Waals surface area (Å²) in [7, 11) is 4.69. The quantitative estimate of drug-likeness (QED) is 0.317. The van der Waals surface area contributed by atoms with E-state index in [0.29, 0.717) is 34.5 Å². The van der Waals surface area contributed by atoms with E-state index in [-0.39, 0.29) is 0 Å². The van der Waals surface area contributed by atoms with Crippen LogP contribution < -0.4 is 18.9 Å². The van der Waals surface area contributed by atoms with Crippen LogP contribution in [0.2, 0.25) is 0 Å². The highest BCUT2D eigenvalue weighted by Crippen LogP contribution is 2.40. The van der Waals surface area contributed by atoms with E-state index < -0.39 is 0 Å². The standard InChI is InChI=1S/C26H26N2O5/c1-5-14-32-21-12-10-18(11-13-21)17-6-8-19(9-7-17)26-27-25(28-33-26)20-15-22(29-2)24(31-4)23(16-20)30-3/h6-13,15-16H,5,14H2,1-4H3. The van der Waals surface area contributed by atoms with Gasteiger partial charge in [-0.25, -0.2) is 0 Å². The third-order valence-electron chi connectivity index (χ3n) is 5.14. The average molecular weight is 447 g/mol. The van der Waals surface area contributed by atoms with Gasteiger partial charge in [0.25, 0.3) is 5.89 Å². The van der Waals surface area contributed by atoms with Crippen LogP contribution in [0.5, 0.6) is 23.0 Å². The lowest BCUT2D eigenvalue weighted by molar-refractivity contribution is 0.317. The number of hydrogen-bond donors (Lipinski definition) is 0. The van der Waals surface area contributed by atoms with Crippen LogP contribution in [-0.4, -0.2) is 38.1 Å². The zero-order chi connectivity index (χ0) is 23.2. The van der Waals surface area contributed by atoms with Crippen LogP contribution in [0.15, 0.2) is 65.2 Å². The van der Waals surface area contributed by atoms with Gasteiger partial charge in [0, 0.05) is 11.1 Å². The SMILES string of the molecule is CCCOc1ccc(-c2ccc(-c3nc(-c4cc(OC)c(OC)c(OC)c4)no3)cc2)cc1. The van der Waals surface area contributed by atoms with E-state index in [0.717, 1.165) is 35.5 Å². The van der Waals surface area contributed by atoms with Crippen molar-refractivity contribution >= 4 is 0 Å². The van der Waals surface area contributed by atoms with Crippen molar-refractivity contribution in [2.24, 2.45) is 0 Å². The smallest absolute Gasteiger partial charge is 0.258 e. The van der Waals surface area contributed by atoms with Crippen LogP contribution in [0.3, 0.4) is 0 Å². The molecule has 7 nitrogen and oxygen atoms in total. The summed E-state index contributed by atoms with van der Waals surface area (Å²) in [6, 6.07) is 19.6. The number of benzene rings is 3. The number of rotatable bonds is 9. The van der Waals surface area contributed by atoms with E-state index in [1.54, 1.807) is 33.5 Å². The largest absolute Gasteiger partial charge is 0.494 e. The Kier molecular flexibility index (Phi) is 6.78. The molecule has 0 amide bonds. The molecule has 0 atom stereocenters. The fourth-order valence-electron chi connectivity index (χ4n) is 3.44. The van der Waals surface area contributed by atoms with Gasteiger partial charge in [-0.3, -0.25) is 0 Å². The molecule has 0 N–H and O–H groups in total. The van der Waals surface area contributed by atoms with E-state index in [1.807, 2.05) is 36.4 Å². The summed E-state index contributed by atoms with van der Waals surface area (Å²) in [5.74, 6) is 3.28. The predicted molar refractivity (Wildman–Crippen MR) is 126 cm³/mol. The minimum atomic E-state index is 0.425. The first-order chi connectivity index (χ1) is 16.2. The van der Waals surface area contributed by atoms with Crippen LogP contribution in [0.25, 0.3) is 34.0 Å². The van der Waals surface area contributed by atoms with Crippen molar-refractivity contribution in [2.75, 3.05) is 27.9 Å². The second-order valence-electron chi connectivity index (χ2n) is 7.29. The Balaban J connectivity index is 1.56. The topological polar surface area (TPSA) is 75.8 Å². The van der Waals surface area contributed by atoms with Crippen LogP contribution in [0.1, 0.15) is 13.3 Å². The van der Waals surface area contributed by atoms with Gasteiger partial charge in [-0.05, 0) is 53.9 Å². The summed E-state index contributed by atoms with van der Waals surface area (Å²) in [5.41, 5.74) is 3.72. The van der Waals surface area contributed by atoms with Crippen LogP contribution >= 0.6 is 0 Å². The number of aromatic nitrogens is 2. The van der Waals surface area contributed by atoms with Crippen molar-refractivity contribution in [2.45, 2.75) is 13.3 Å². The van der Waals surface area contributed by atoms with E-state index in [1.165, 1.54) is 0 Å². The number of nitrogens with zero attached hydrogens (tertiary/aromatic N) is 2. The van der Waals surface area contributed by atoms with Crippen LogP contribution in [-0.2, 0) is 0 Å². The van der Waals surface area contributed by atoms with Crippen molar-refractivity contribution in [3.05, 3.63) is 60.7 Å². The van der Waals surface area contributed by atoms with Gasteiger partial charge in [-0.1, -0.05) is 36.3 Å². The molecule has 0 bridgehead atoms. The molecular formula is C26H26N2O5. The lowest BCUT2D eigenvalue weighted by Crippen LogP contribution is -1.96. The summed E-state index contributed by atoms with van der Waals surface area (Å²) < 4.78 is 27.4. The molecule has 4 aromatic rings. The van der Waals surface area contributed by atoms with Gasteiger partial charge in [-0.2, -0.15) is 4.98 Å². The molecule has 0 unspecified atom stereocenters. The Labute approximate surface area is 192 Å². The molecule has 7 heteroatoms. The van der Waals surface area contributed by atoms with Gasteiger partial charge in [0.05, 0.1) is 27.9 Å². The molecule has 0 fully saturated rings. The van der Waals surface area contributed by atoms with E-state index >= 15 is 0 Å². The third-order valence-corrected chi connectivity index (χ3v) is 5.14. The molecule has 0 radical (unpaired) electrons. The fraction of sp³-hybridized carbons (Fsp3) is 0.231. The molecule has 0 aliphatic rings. The summed E-state index contributed by atoms with van der Waals surface area (Å²) in [5, 5.41) is 4.13. The maximum atomic E-state index is 5.65. The Hall–Kier alpha value is -4.00. The first-order valence-electron chi connectivity index (χ1n) is 10.6. The van der Waals surface area contributed by atoms with Crippen molar-refractivity contribution < 1.29 is 23.5 Å². The minimum Gasteiger partial charge on any atom is -0.494 e. The average Bonchev–Trinajstić information content (AvgIpc) is 3.37. The number of methoxy groups -OCH3 is 3. The Morgan fingerprint density at radius 2 is 1.30 bits per heavy atom. The molecule has 170 valence electrons. The summed E-state index contributed by atoms with van der Waals surface area (Å²) >= 11 is 0.